The fraction of sp³-hybridized carbons (Fsp3) is 0.550. The Balaban J connectivity index is 2.22. The van der Waals surface area contributed by atoms with Gasteiger partial charge in [-0.3, -0.25) is 4.90 Å². The van der Waals surface area contributed by atoms with E-state index in [-0.39, 0.29) is 23.5 Å². The first-order valence-electron chi connectivity index (χ1n) is 8.95. The molecule has 0 saturated carbocycles. The standard InChI is InChI=1S/C20H23N5/c1-2-25-9-8-15-16(10-21)19(24)20(12-22,13-23)18(17(15)11-25)14-6-4-3-5-7-14/h4,6,8,14,17-18H,2-3,5,7,9,11,24H2,1H3. The molecule has 3 aliphatic rings. The van der Waals surface area contributed by atoms with E-state index in [4.69, 9.17) is 5.73 Å². The zero-order valence-electron chi connectivity index (χ0n) is 14.6. The van der Waals surface area contributed by atoms with E-state index in [0.717, 1.165) is 44.5 Å². The Morgan fingerprint density at radius 3 is 2.64 bits per heavy atom. The van der Waals surface area contributed by atoms with Gasteiger partial charge in [0.1, 0.15) is 6.07 Å². The fourth-order valence-corrected chi connectivity index (χ4v) is 4.69. The Morgan fingerprint density at radius 2 is 2.08 bits per heavy atom. The van der Waals surface area contributed by atoms with Crippen LogP contribution in [0.25, 0.3) is 0 Å². The van der Waals surface area contributed by atoms with Gasteiger partial charge in [-0.2, -0.15) is 15.8 Å². The van der Waals surface area contributed by atoms with Crippen LogP contribution in [0.15, 0.2) is 35.1 Å². The number of likely N-dealkylation sites (N-methyl/N-ethyl adjacent to an activating group) is 1. The second kappa shape index (κ2) is 6.75. The summed E-state index contributed by atoms with van der Waals surface area (Å²) in [7, 11) is 0. The molecule has 3 atom stereocenters. The van der Waals surface area contributed by atoms with Crippen molar-refractivity contribution in [1.29, 1.82) is 15.8 Å². The summed E-state index contributed by atoms with van der Waals surface area (Å²) < 4.78 is 0. The lowest BCUT2D eigenvalue weighted by molar-refractivity contribution is 0.130. The molecular formula is C20H23N5. The van der Waals surface area contributed by atoms with Crippen LogP contribution in [0.1, 0.15) is 26.2 Å². The van der Waals surface area contributed by atoms with Crippen molar-refractivity contribution in [2.75, 3.05) is 19.6 Å². The molecule has 25 heavy (non-hydrogen) atoms. The molecule has 0 radical (unpaired) electrons. The van der Waals surface area contributed by atoms with Crippen LogP contribution in [-0.2, 0) is 0 Å². The maximum atomic E-state index is 9.99. The average Bonchev–Trinajstić information content (AvgIpc) is 2.67. The second-order valence-electron chi connectivity index (χ2n) is 7.10. The topological polar surface area (TPSA) is 101 Å². The molecule has 0 aromatic heterocycles. The van der Waals surface area contributed by atoms with Gasteiger partial charge in [0, 0.05) is 24.9 Å². The van der Waals surface area contributed by atoms with Crippen molar-refractivity contribution in [3.63, 3.8) is 0 Å². The zero-order valence-corrected chi connectivity index (χ0v) is 14.6. The van der Waals surface area contributed by atoms with Crippen LogP contribution in [0.2, 0.25) is 0 Å². The first kappa shape index (κ1) is 17.3. The van der Waals surface area contributed by atoms with Crippen LogP contribution in [0.4, 0.5) is 0 Å². The van der Waals surface area contributed by atoms with Gasteiger partial charge in [0.25, 0.3) is 0 Å². The van der Waals surface area contributed by atoms with Crippen molar-refractivity contribution in [3.05, 3.63) is 35.1 Å². The highest BCUT2D eigenvalue weighted by atomic mass is 15.1. The van der Waals surface area contributed by atoms with Gasteiger partial charge in [0.05, 0.1) is 23.4 Å². The SMILES string of the molecule is CCN1CC=C2C(C#N)=C(N)C(C#N)(C#N)C(C3C=CCCC3)C2C1. The van der Waals surface area contributed by atoms with Crippen LogP contribution in [0.5, 0.6) is 0 Å². The molecule has 0 fully saturated rings. The van der Waals surface area contributed by atoms with Gasteiger partial charge in [0.2, 0.25) is 0 Å². The van der Waals surface area contributed by atoms with E-state index in [2.05, 4.69) is 48.3 Å². The normalized spacial score (nSPS) is 31.3. The van der Waals surface area contributed by atoms with E-state index in [9.17, 15) is 15.8 Å². The molecule has 0 aromatic rings. The number of nitrogens with two attached hydrogens (primary N) is 1. The minimum atomic E-state index is -1.43. The third kappa shape index (κ3) is 2.55. The average molecular weight is 333 g/mol. The molecule has 5 heteroatoms. The molecule has 1 heterocycles. The first-order valence-corrected chi connectivity index (χ1v) is 8.95. The van der Waals surface area contributed by atoms with Gasteiger partial charge in [0.15, 0.2) is 5.41 Å². The van der Waals surface area contributed by atoms with E-state index in [1.165, 1.54) is 0 Å². The zero-order chi connectivity index (χ0) is 18.0. The molecule has 2 aliphatic carbocycles. The highest BCUT2D eigenvalue weighted by molar-refractivity contribution is 5.57. The van der Waals surface area contributed by atoms with Crippen molar-refractivity contribution in [1.82, 2.24) is 4.90 Å². The Hall–Kier alpha value is -2.55. The van der Waals surface area contributed by atoms with Gasteiger partial charge < -0.3 is 5.73 Å². The Labute approximate surface area is 149 Å². The summed E-state index contributed by atoms with van der Waals surface area (Å²) in [5, 5.41) is 29.6. The van der Waals surface area contributed by atoms with Gasteiger partial charge >= 0.3 is 0 Å². The smallest absolute Gasteiger partial charge is 0.187 e. The van der Waals surface area contributed by atoms with E-state index in [1.807, 2.05) is 0 Å². The number of fused-ring (bicyclic) bond motifs is 1. The first-order chi connectivity index (χ1) is 12.1. The monoisotopic (exact) mass is 333 g/mol. The van der Waals surface area contributed by atoms with Crippen molar-refractivity contribution in [3.8, 4) is 18.2 Å². The maximum absolute atomic E-state index is 9.99. The van der Waals surface area contributed by atoms with Gasteiger partial charge in [-0.1, -0.05) is 25.2 Å². The second-order valence-corrected chi connectivity index (χ2v) is 7.10. The summed E-state index contributed by atoms with van der Waals surface area (Å²) in [5.74, 6) is -0.0866. The van der Waals surface area contributed by atoms with E-state index in [1.54, 1.807) is 0 Å². The molecular weight excluding hydrogens is 310 g/mol. The minimum Gasteiger partial charge on any atom is -0.399 e. The molecule has 0 bridgehead atoms. The highest BCUT2D eigenvalue weighted by Crippen LogP contribution is 2.53. The summed E-state index contributed by atoms with van der Waals surface area (Å²) in [4.78, 5) is 2.30. The van der Waals surface area contributed by atoms with E-state index < -0.39 is 5.41 Å². The van der Waals surface area contributed by atoms with Crippen LogP contribution in [-0.4, -0.2) is 24.5 Å². The predicted octanol–water partition coefficient (Wildman–Crippen LogP) is 2.62. The predicted molar refractivity (Wildman–Crippen MR) is 94.1 cm³/mol. The van der Waals surface area contributed by atoms with Crippen LogP contribution >= 0.6 is 0 Å². The molecule has 3 unspecified atom stereocenters. The summed E-state index contributed by atoms with van der Waals surface area (Å²) >= 11 is 0. The lowest BCUT2D eigenvalue weighted by atomic mass is 9.55. The minimum absolute atomic E-state index is 0.0114. The number of rotatable bonds is 2. The van der Waals surface area contributed by atoms with E-state index in [0.29, 0.717) is 5.57 Å². The lowest BCUT2D eigenvalue weighted by Crippen LogP contribution is -2.51. The lowest BCUT2D eigenvalue weighted by Gasteiger charge is -2.48. The number of hydrogen-bond acceptors (Lipinski definition) is 5. The van der Waals surface area contributed by atoms with Gasteiger partial charge in [-0.25, -0.2) is 0 Å². The molecule has 2 N–H and O–H groups in total. The Bertz CT molecular complexity index is 753. The molecule has 1 aliphatic heterocycles. The molecule has 0 amide bonds. The Kier molecular flexibility index (Phi) is 4.67. The van der Waals surface area contributed by atoms with Crippen LogP contribution < -0.4 is 5.73 Å². The van der Waals surface area contributed by atoms with E-state index >= 15 is 0 Å². The highest BCUT2D eigenvalue weighted by Gasteiger charge is 2.55. The number of hydrogen-bond donors (Lipinski definition) is 1. The summed E-state index contributed by atoms with van der Waals surface area (Å²) in [6.45, 7) is 4.55. The molecule has 3 rings (SSSR count). The summed E-state index contributed by atoms with van der Waals surface area (Å²) in [6.07, 6.45) is 9.43. The number of nitrogens with zero attached hydrogens (tertiary/aromatic N) is 4. The maximum Gasteiger partial charge on any atom is 0.187 e. The molecule has 0 spiro atoms. The fourth-order valence-electron chi connectivity index (χ4n) is 4.69. The molecule has 5 nitrogen and oxygen atoms in total. The Morgan fingerprint density at radius 1 is 1.32 bits per heavy atom. The van der Waals surface area contributed by atoms with Crippen molar-refractivity contribution in [2.45, 2.75) is 26.2 Å². The number of allylic oxidation sites excluding steroid dienone is 4. The third-order valence-corrected chi connectivity index (χ3v) is 6.00. The molecule has 0 aromatic carbocycles. The van der Waals surface area contributed by atoms with Crippen molar-refractivity contribution < 1.29 is 0 Å². The van der Waals surface area contributed by atoms with Crippen molar-refractivity contribution in [2.24, 2.45) is 28.9 Å². The largest absolute Gasteiger partial charge is 0.399 e. The van der Waals surface area contributed by atoms with Gasteiger partial charge in [-0.15, -0.1) is 0 Å². The van der Waals surface area contributed by atoms with Crippen LogP contribution in [0, 0.1) is 57.2 Å². The molecule has 0 saturated heterocycles. The van der Waals surface area contributed by atoms with Gasteiger partial charge in [-0.05, 0) is 37.3 Å². The molecule has 128 valence electrons. The van der Waals surface area contributed by atoms with Crippen molar-refractivity contribution >= 4 is 0 Å². The third-order valence-electron chi connectivity index (χ3n) is 6.00. The van der Waals surface area contributed by atoms with Crippen LogP contribution in [0.3, 0.4) is 0 Å². The summed E-state index contributed by atoms with van der Waals surface area (Å²) in [6, 6.07) is 6.62. The summed E-state index contributed by atoms with van der Waals surface area (Å²) in [5.41, 5.74) is 6.30. The number of nitriles is 3. The quantitative estimate of drug-likeness (QED) is 0.783.